The molecule has 2 heterocycles. The summed E-state index contributed by atoms with van der Waals surface area (Å²) >= 11 is 0. The first-order valence-corrected chi connectivity index (χ1v) is 5.29. The van der Waals surface area contributed by atoms with Gasteiger partial charge in [0, 0.05) is 24.8 Å². The number of nitrogens with zero attached hydrogens (tertiary/aromatic N) is 3. The van der Waals surface area contributed by atoms with Gasteiger partial charge in [0.1, 0.15) is 5.76 Å². The zero-order valence-electron chi connectivity index (χ0n) is 10.0. The first-order valence-electron chi connectivity index (χ1n) is 5.29. The van der Waals surface area contributed by atoms with Crippen LogP contribution in [-0.2, 0) is 11.3 Å². The molecule has 17 heavy (non-hydrogen) atoms. The van der Waals surface area contributed by atoms with Crippen LogP contribution in [0.25, 0.3) is 0 Å². The van der Waals surface area contributed by atoms with Crippen molar-refractivity contribution in [3.8, 4) is 0 Å². The Balaban J connectivity index is 2.14. The monoisotopic (exact) mass is 234 g/mol. The number of amides is 1. The summed E-state index contributed by atoms with van der Waals surface area (Å²) < 4.78 is 6.81. The number of hydrogen-bond donors (Lipinski definition) is 1. The van der Waals surface area contributed by atoms with Gasteiger partial charge < -0.3 is 9.84 Å². The van der Waals surface area contributed by atoms with Crippen molar-refractivity contribution in [2.75, 3.05) is 5.32 Å². The molecule has 0 aliphatic carbocycles. The van der Waals surface area contributed by atoms with Crippen LogP contribution in [0.4, 0.5) is 5.82 Å². The number of rotatable bonds is 3. The van der Waals surface area contributed by atoms with Gasteiger partial charge in [0.05, 0.1) is 12.2 Å². The van der Waals surface area contributed by atoms with Crippen molar-refractivity contribution in [1.82, 2.24) is 14.9 Å². The van der Waals surface area contributed by atoms with Crippen LogP contribution in [0.3, 0.4) is 0 Å². The standard InChI is InChI=1S/C11H14N4O2/c1-7-10(8(2)17-14-7)6-15-5-4-11(13-15)12-9(3)16/h4-5H,6H2,1-3H3,(H,12,13,16). The predicted molar refractivity (Wildman–Crippen MR) is 61.6 cm³/mol. The Morgan fingerprint density at radius 2 is 2.29 bits per heavy atom. The molecule has 6 heteroatoms. The van der Waals surface area contributed by atoms with Crippen molar-refractivity contribution in [3.63, 3.8) is 0 Å². The van der Waals surface area contributed by atoms with Crippen molar-refractivity contribution in [3.05, 3.63) is 29.3 Å². The van der Waals surface area contributed by atoms with Crippen LogP contribution < -0.4 is 5.32 Å². The Labute approximate surface area is 98.6 Å². The van der Waals surface area contributed by atoms with E-state index in [0.717, 1.165) is 17.0 Å². The molecule has 0 radical (unpaired) electrons. The van der Waals surface area contributed by atoms with E-state index in [1.807, 2.05) is 13.8 Å². The van der Waals surface area contributed by atoms with E-state index in [-0.39, 0.29) is 5.91 Å². The Bertz CT molecular complexity index is 522. The molecule has 2 aromatic heterocycles. The molecule has 0 aromatic carbocycles. The van der Waals surface area contributed by atoms with Gasteiger partial charge in [-0.2, -0.15) is 5.10 Å². The lowest BCUT2D eigenvalue weighted by Gasteiger charge is -2.00. The molecule has 0 fully saturated rings. The average molecular weight is 234 g/mol. The van der Waals surface area contributed by atoms with E-state index in [2.05, 4.69) is 15.6 Å². The topological polar surface area (TPSA) is 73.0 Å². The fourth-order valence-corrected chi connectivity index (χ4v) is 1.59. The van der Waals surface area contributed by atoms with Crippen molar-refractivity contribution in [1.29, 1.82) is 0 Å². The highest BCUT2D eigenvalue weighted by Crippen LogP contribution is 2.14. The molecule has 0 unspecified atom stereocenters. The smallest absolute Gasteiger partial charge is 0.222 e. The quantitative estimate of drug-likeness (QED) is 0.873. The molecule has 0 spiro atoms. The molecule has 2 rings (SSSR count). The zero-order valence-corrected chi connectivity index (χ0v) is 10.0. The lowest BCUT2D eigenvalue weighted by molar-refractivity contribution is -0.114. The SMILES string of the molecule is CC(=O)Nc1ccn(Cc2c(C)noc2C)n1. The van der Waals surface area contributed by atoms with Gasteiger partial charge in [0.25, 0.3) is 0 Å². The molecule has 0 saturated carbocycles. The Morgan fingerprint density at radius 1 is 1.53 bits per heavy atom. The first kappa shape index (κ1) is 11.4. The van der Waals surface area contributed by atoms with Crippen molar-refractivity contribution in [2.24, 2.45) is 0 Å². The summed E-state index contributed by atoms with van der Waals surface area (Å²) in [6, 6.07) is 1.75. The number of nitrogens with one attached hydrogen (secondary N) is 1. The highest BCUT2D eigenvalue weighted by Gasteiger charge is 2.10. The summed E-state index contributed by atoms with van der Waals surface area (Å²) in [5.74, 6) is 1.20. The second kappa shape index (κ2) is 4.40. The highest BCUT2D eigenvalue weighted by atomic mass is 16.5. The maximum atomic E-state index is 10.9. The van der Waals surface area contributed by atoms with Gasteiger partial charge in [-0.15, -0.1) is 0 Å². The first-order chi connectivity index (χ1) is 8.06. The Kier molecular flexibility index (Phi) is 2.95. The predicted octanol–water partition coefficient (Wildman–Crippen LogP) is 1.49. The maximum Gasteiger partial charge on any atom is 0.222 e. The molecule has 0 bridgehead atoms. The van der Waals surface area contributed by atoms with Crippen LogP contribution in [0.2, 0.25) is 0 Å². The molecule has 90 valence electrons. The summed E-state index contributed by atoms with van der Waals surface area (Å²) in [4.78, 5) is 10.9. The van der Waals surface area contributed by atoms with Crippen LogP contribution in [0.1, 0.15) is 23.9 Å². The minimum absolute atomic E-state index is 0.132. The van der Waals surface area contributed by atoms with Gasteiger partial charge in [-0.05, 0) is 13.8 Å². The van der Waals surface area contributed by atoms with E-state index < -0.39 is 0 Å². The van der Waals surface area contributed by atoms with Gasteiger partial charge in [0.15, 0.2) is 5.82 Å². The molecule has 0 aliphatic rings. The van der Waals surface area contributed by atoms with E-state index >= 15 is 0 Å². The lowest BCUT2D eigenvalue weighted by Crippen LogP contribution is -2.08. The average Bonchev–Trinajstić information content (AvgIpc) is 2.79. The number of anilines is 1. The van der Waals surface area contributed by atoms with Crippen LogP contribution in [-0.4, -0.2) is 20.8 Å². The van der Waals surface area contributed by atoms with Gasteiger partial charge in [-0.25, -0.2) is 0 Å². The third-order valence-electron chi connectivity index (χ3n) is 2.45. The van der Waals surface area contributed by atoms with Crippen LogP contribution in [0.5, 0.6) is 0 Å². The number of hydrogen-bond acceptors (Lipinski definition) is 4. The third-order valence-corrected chi connectivity index (χ3v) is 2.45. The van der Waals surface area contributed by atoms with Crippen LogP contribution in [0, 0.1) is 13.8 Å². The number of aryl methyl sites for hydroxylation is 2. The molecule has 1 amide bonds. The summed E-state index contributed by atoms with van der Waals surface area (Å²) in [7, 11) is 0. The normalized spacial score (nSPS) is 10.5. The van der Waals surface area contributed by atoms with E-state index in [1.165, 1.54) is 6.92 Å². The molecule has 0 aliphatic heterocycles. The Morgan fingerprint density at radius 3 is 2.88 bits per heavy atom. The molecular formula is C11H14N4O2. The van der Waals surface area contributed by atoms with E-state index in [4.69, 9.17) is 4.52 Å². The van der Waals surface area contributed by atoms with E-state index in [9.17, 15) is 4.79 Å². The molecule has 0 saturated heterocycles. The summed E-state index contributed by atoms with van der Waals surface area (Å²) in [6.07, 6.45) is 1.80. The second-order valence-electron chi connectivity index (χ2n) is 3.88. The fraction of sp³-hybridized carbons (Fsp3) is 0.364. The van der Waals surface area contributed by atoms with Crippen molar-refractivity contribution in [2.45, 2.75) is 27.3 Å². The van der Waals surface area contributed by atoms with Gasteiger partial charge >= 0.3 is 0 Å². The number of aromatic nitrogens is 3. The summed E-state index contributed by atoms with van der Waals surface area (Å²) in [6.45, 7) is 5.80. The molecular weight excluding hydrogens is 220 g/mol. The fourth-order valence-electron chi connectivity index (χ4n) is 1.59. The summed E-state index contributed by atoms with van der Waals surface area (Å²) in [5, 5.41) is 10.7. The van der Waals surface area contributed by atoms with Crippen LogP contribution >= 0.6 is 0 Å². The van der Waals surface area contributed by atoms with Crippen molar-refractivity contribution < 1.29 is 9.32 Å². The lowest BCUT2D eigenvalue weighted by atomic mass is 10.2. The van der Waals surface area contributed by atoms with E-state index in [1.54, 1.807) is 16.9 Å². The minimum atomic E-state index is -0.132. The van der Waals surface area contributed by atoms with Crippen LogP contribution in [0.15, 0.2) is 16.8 Å². The van der Waals surface area contributed by atoms with Gasteiger partial charge in [0.2, 0.25) is 5.91 Å². The second-order valence-corrected chi connectivity index (χ2v) is 3.88. The summed E-state index contributed by atoms with van der Waals surface area (Å²) in [5.41, 5.74) is 1.88. The van der Waals surface area contributed by atoms with Gasteiger partial charge in [-0.3, -0.25) is 9.48 Å². The number of carbonyl (C=O) groups is 1. The third kappa shape index (κ3) is 2.52. The van der Waals surface area contributed by atoms with Gasteiger partial charge in [-0.1, -0.05) is 5.16 Å². The highest BCUT2D eigenvalue weighted by molar-refractivity contribution is 5.87. The molecule has 2 aromatic rings. The minimum Gasteiger partial charge on any atom is -0.361 e. The Hall–Kier alpha value is -2.11. The molecule has 6 nitrogen and oxygen atoms in total. The molecule has 1 N–H and O–H groups in total. The largest absolute Gasteiger partial charge is 0.361 e. The molecule has 0 atom stereocenters. The zero-order chi connectivity index (χ0) is 12.4. The maximum absolute atomic E-state index is 10.9. The van der Waals surface area contributed by atoms with Crippen molar-refractivity contribution >= 4 is 11.7 Å². The number of carbonyl (C=O) groups excluding carboxylic acids is 1. The van der Waals surface area contributed by atoms with E-state index in [0.29, 0.717) is 12.4 Å².